The molecule has 1 aromatic heterocycles. The van der Waals surface area contributed by atoms with Crippen LogP contribution in [0.5, 0.6) is 0 Å². The van der Waals surface area contributed by atoms with Crippen LogP contribution in [0.25, 0.3) is 0 Å². The van der Waals surface area contributed by atoms with Crippen molar-refractivity contribution >= 4 is 5.82 Å². The lowest BCUT2D eigenvalue weighted by molar-refractivity contribution is -0.0290. The molecule has 0 aromatic carbocycles. The summed E-state index contributed by atoms with van der Waals surface area (Å²) in [6.07, 6.45) is 2.11. The van der Waals surface area contributed by atoms with Crippen molar-refractivity contribution in [1.82, 2.24) is 14.7 Å². The molecule has 1 aliphatic heterocycles. The van der Waals surface area contributed by atoms with Gasteiger partial charge in [0, 0.05) is 19.3 Å². The molecule has 1 saturated heterocycles. The highest BCUT2D eigenvalue weighted by Gasteiger charge is 2.18. The molecule has 14 heavy (non-hydrogen) atoms. The Morgan fingerprint density at radius 3 is 3.21 bits per heavy atom. The van der Waals surface area contributed by atoms with E-state index in [4.69, 9.17) is 10.5 Å². The number of nitrogens with two attached hydrogens (primary N) is 1. The van der Waals surface area contributed by atoms with E-state index < -0.39 is 0 Å². The molecule has 0 saturated carbocycles. The van der Waals surface area contributed by atoms with Gasteiger partial charge >= 0.3 is 0 Å². The number of hydrogen-bond acceptors (Lipinski definition) is 4. The molecular weight excluding hydrogens is 180 g/mol. The maximum Gasteiger partial charge on any atom is 0.145 e. The predicted octanol–water partition coefficient (Wildman–Crippen LogP) is -0.204. The minimum atomic E-state index is 0.230. The number of nitrogen functional groups attached to an aromatic ring is 1. The molecule has 1 atom stereocenters. The van der Waals surface area contributed by atoms with E-state index in [1.807, 2.05) is 10.9 Å². The van der Waals surface area contributed by atoms with Crippen molar-refractivity contribution in [2.75, 3.05) is 32.5 Å². The van der Waals surface area contributed by atoms with Crippen molar-refractivity contribution in [2.24, 2.45) is 0 Å². The molecule has 0 spiro atoms. The summed E-state index contributed by atoms with van der Waals surface area (Å²) in [5, 5.41) is 4.13. The number of nitrogens with zero attached hydrogens (tertiary/aromatic N) is 3. The Hall–Kier alpha value is -1.07. The van der Waals surface area contributed by atoms with Gasteiger partial charge in [-0.3, -0.25) is 4.68 Å². The average Bonchev–Trinajstić information content (AvgIpc) is 2.51. The molecule has 5 nitrogen and oxygen atoms in total. The third-order valence-electron chi connectivity index (χ3n) is 2.39. The van der Waals surface area contributed by atoms with Gasteiger partial charge in [0.15, 0.2) is 0 Å². The highest BCUT2D eigenvalue weighted by Crippen LogP contribution is 2.06. The second-order valence-corrected chi connectivity index (χ2v) is 3.72. The molecule has 2 N–H and O–H groups in total. The largest absolute Gasteiger partial charge is 0.382 e. The molecule has 1 aromatic rings. The Bertz CT molecular complexity index is 299. The van der Waals surface area contributed by atoms with Gasteiger partial charge in [-0.1, -0.05) is 0 Å². The number of anilines is 1. The molecule has 78 valence electrons. The summed E-state index contributed by atoms with van der Waals surface area (Å²) < 4.78 is 7.45. The average molecular weight is 196 g/mol. The van der Waals surface area contributed by atoms with Crippen molar-refractivity contribution in [3.05, 3.63) is 12.3 Å². The summed E-state index contributed by atoms with van der Waals surface area (Å²) in [6.45, 7) is 3.55. The quantitative estimate of drug-likeness (QED) is 0.711. The van der Waals surface area contributed by atoms with Crippen LogP contribution in [0.2, 0.25) is 0 Å². The minimum Gasteiger partial charge on any atom is -0.382 e. The van der Waals surface area contributed by atoms with E-state index in [0.29, 0.717) is 5.82 Å². The van der Waals surface area contributed by atoms with Gasteiger partial charge in [-0.25, -0.2) is 0 Å². The van der Waals surface area contributed by atoms with E-state index in [1.165, 1.54) is 0 Å². The predicted molar refractivity (Wildman–Crippen MR) is 53.9 cm³/mol. The number of aromatic nitrogens is 2. The highest BCUT2D eigenvalue weighted by molar-refractivity contribution is 5.23. The summed E-state index contributed by atoms with van der Waals surface area (Å²) in [7, 11) is 2.10. The zero-order chi connectivity index (χ0) is 9.97. The summed E-state index contributed by atoms with van der Waals surface area (Å²) in [5.74, 6) is 0.564. The Morgan fingerprint density at radius 1 is 1.71 bits per heavy atom. The normalized spacial score (nSPS) is 23.9. The summed E-state index contributed by atoms with van der Waals surface area (Å²) in [4.78, 5) is 2.26. The zero-order valence-electron chi connectivity index (χ0n) is 8.39. The third-order valence-corrected chi connectivity index (χ3v) is 2.39. The minimum absolute atomic E-state index is 0.230. The van der Waals surface area contributed by atoms with Crippen molar-refractivity contribution in [3.8, 4) is 0 Å². The molecule has 1 aliphatic rings. The van der Waals surface area contributed by atoms with E-state index in [9.17, 15) is 0 Å². The van der Waals surface area contributed by atoms with Gasteiger partial charge in [0.25, 0.3) is 0 Å². The lowest BCUT2D eigenvalue weighted by Gasteiger charge is -2.29. The van der Waals surface area contributed by atoms with Crippen LogP contribution in [0.1, 0.15) is 0 Å². The number of morpholine rings is 1. The first kappa shape index (κ1) is 9.48. The first-order valence-corrected chi connectivity index (χ1v) is 4.83. The molecule has 1 unspecified atom stereocenters. The molecule has 1 fully saturated rings. The number of likely N-dealkylation sites (N-methyl/N-ethyl adjacent to an activating group) is 1. The van der Waals surface area contributed by atoms with Crippen LogP contribution < -0.4 is 5.73 Å². The van der Waals surface area contributed by atoms with E-state index in [1.54, 1.807) is 6.07 Å². The fourth-order valence-corrected chi connectivity index (χ4v) is 1.66. The van der Waals surface area contributed by atoms with Crippen molar-refractivity contribution in [2.45, 2.75) is 12.6 Å². The molecule has 2 heterocycles. The summed E-state index contributed by atoms with van der Waals surface area (Å²) in [6, 6.07) is 1.80. The van der Waals surface area contributed by atoms with Gasteiger partial charge < -0.3 is 15.4 Å². The van der Waals surface area contributed by atoms with Gasteiger partial charge in [-0.2, -0.15) is 5.10 Å². The van der Waals surface area contributed by atoms with Crippen LogP contribution in [0.4, 0.5) is 5.82 Å². The monoisotopic (exact) mass is 196 g/mol. The smallest absolute Gasteiger partial charge is 0.145 e. The summed E-state index contributed by atoms with van der Waals surface area (Å²) in [5.41, 5.74) is 5.53. The van der Waals surface area contributed by atoms with Crippen molar-refractivity contribution < 1.29 is 4.74 Å². The Labute approximate surface area is 83.4 Å². The van der Waals surface area contributed by atoms with Crippen LogP contribution in [0.15, 0.2) is 12.3 Å². The number of rotatable bonds is 2. The van der Waals surface area contributed by atoms with Crippen molar-refractivity contribution in [3.63, 3.8) is 0 Å². The molecule has 0 bridgehead atoms. The first-order valence-electron chi connectivity index (χ1n) is 4.83. The standard InChI is InChI=1S/C9H16N4O/c1-12-4-5-14-8(6-12)7-13-3-2-9(10)11-13/h2-3,8H,4-7H2,1H3,(H2,10,11). The maximum absolute atomic E-state index is 5.62. The summed E-state index contributed by atoms with van der Waals surface area (Å²) >= 11 is 0. The van der Waals surface area contributed by atoms with Gasteiger partial charge in [0.1, 0.15) is 5.82 Å². The SMILES string of the molecule is CN1CCOC(Cn2ccc(N)n2)C1. The second kappa shape index (κ2) is 3.98. The maximum atomic E-state index is 5.62. The highest BCUT2D eigenvalue weighted by atomic mass is 16.5. The van der Waals surface area contributed by atoms with Crippen LogP contribution in [0.3, 0.4) is 0 Å². The Balaban J connectivity index is 1.90. The number of ether oxygens (including phenoxy) is 1. The van der Waals surface area contributed by atoms with Gasteiger partial charge in [-0.15, -0.1) is 0 Å². The Kier molecular flexibility index (Phi) is 2.69. The van der Waals surface area contributed by atoms with E-state index in [0.717, 1.165) is 26.2 Å². The van der Waals surface area contributed by atoms with Crippen LogP contribution >= 0.6 is 0 Å². The van der Waals surface area contributed by atoms with Gasteiger partial charge in [-0.05, 0) is 13.1 Å². The Morgan fingerprint density at radius 2 is 2.57 bits per heavy atom. The van der Waals surface area contributed by atoms with Crippen LogP contribution in [-0.2, 0) is 11.3 Å². The van der Waals surface area contributed by atoms with Crippen LogP contribution in [-0.4, -0.2) is 47.5 Å². The third kappa shape index (κ3) is 2.24. The van der Waals surface area contributed by atoms with E-state index in [2.05, 4.69) is 17.0 Å². The molecule has 0 radical (unpaired) electrons. The topological polar surface area (TPSA) is 56.3 Å². The lowest BCUT2D eigenvalue weighted by atomic mass is 10.3. The molecular formula is C9H16N4O. The number of hydrogen-bond donors (Lipinski definition) is 1. The van der Waals surface area contributed by atoms with Gasteiger partial charge in [0.05, 0.1) is 19.3 Å². The fourth-order valence-electron chi connectivity index (χ4n) is 1.66. The van der Waals surface area contributed by atoms with Gasteiger partial charge in [0.2, 0.25) is 0 Å². The second-order valence-electron chi connectivity index (χ2n) is 3.72. The molecule has 0 amide bonds. The fraction of sp³-hybridized carbons (Fsp3) is 0.667. The molecule has 0 aliphatic carbocycles. The molecule has 5 heteroatoms. The van der Waals surface area contributed by atoms with E-state index in [-0.39, 0.29) is 6.10 Å². The zero-order valence-corrected chi connectivity index (χ0v) is 8.39. The lowest BCUT2D eigenvalue weighted by Crippen LogP contribution is -2.42. The van der Waals surface area contributed by atoms with E-state index >= 15 is 0 Å². The molecule has 2 rings (SSSR count). The van der Waals surface area contributed by atoms with Crippen LogP contribution in [0, 0.1) is 0 Å². The first-order chi connectivity index (χ1) is 6.74. The van der Waals surface area contributed by atoms with Crippen molar-refractivity contribution in [1.29, 1.82) is 0 Å².